The first-order valence-corrected chi connectivity index (χ1v) is 25.7. The number of Topliss-reactive ketones (excluding diaryl/α,β-unsaturated/α-hetero) is 1. The summed E-state index contributed by atoms with van der Waals surface area (Å²) >= 11 is 0. The minimum absolute atomic E-state index is 0.00159. The van der Waals surface area contributed by atoms with E-state index in [1.165, 1.54) is 58.3 Å². The summed E-state index contributed by atoms with van der Waals surface area (Å²) in [6.07, 6.45) is 16.6. The number of pyridine rings is 3. The second-order valence-corrected chi connectivity index (χ2v) is 20.2. The molecule has 2 amide bonds. The smallest absolute Gasteiger partial charge is 0.297 e. The molecule has 0 saturated heterocycles. The van der Waals surface area contributed by atoms with Gasteiger partial charge in [-0.15, -0.1) is 0 Å². The minimum atomic E-state index is -0.610. The van der Waals surface area contributed by atoms with Gasteiger partial charge in [0.1, 0.15) is 35.4 Å². The summed E-state index contributed by atoms with van der Waals surface area (Å²) in [5.41, 5.74) is 23.9. The van der Waals surface area contributed by atoms with E-state index in [9.17, 15) is 28.8 Å². The lowest BCUT2D eigenvalue weighted by Crippen LogP contribution is -2.27. The lowest BCUT2D eigenvalue weighted by molar-refractivity contribution is -0.119. The molecule has 4 N–H and O–H groups in total. The molecule has 0 atom stereocenters. The first kappa shape index (κ1) is 49.5. The van der Waals surface area contributed by atoms with Crippen LogP contribution in [0.3, 0.4) is 0 Å². The Morgan fingerprint density at radius 1 is 0.539 bits per heavy atom. The van der Waals surface area contributed by atoms with Crippen molar-refractivity contribution >= 4 is 84.2 Å². The van der Waals surface area contributed by atoms with Crippen LogP contribution in [0.1, 0.15) is 110 Å². The standard InChI is InChI=1S/C21H18N4O3.C19H21N3O3.C16H16N4O3/c22-15(26)10-25-11-23-18-16-13-8-4-5-9-14(13)17(12-6-2-1-3-7-12)24-20(16)28-19(18)21(25)27;1-10(2)15-13-7-5-4-6-12(13)14-16-17(25-18(14)21-15)19(24)22(9-20-16)8-11(3)23;1-8-9-4-2-3-5-10(9)12-13-14(23-15(12)19-8)16(22)20(7-18-13)6-11(17)21/h1-3,6-7,11H,4-5,8-10H2,(H2,22,26);9-10H,4-8H2,1-3H3;7H,2-6H2,1H3,(H2,17,21). The summed E-state index contributed by atoms with van der Waals surface area (Å²) in [6, 6.07) is 10.0. The highest BCUT2D eigenvalue weighted by Gasteiger charge is 2.28. The van der Waals surface area contributed by atoms with E-state index < -0.39 is 22.9 Å². The topological polar surface area (TPSA) is 286 Å². The maximum Gasteiger partial charge on any atom is 0.297 e. The third-order valence-corrected chi connectivity index (χ3v) is 14.6. The number of nitrogens with zero attached hydrogens (tertiary/aromatic N) is 9. The normalized spacial score (nSPS) is 14.1. The Morgan fingerprint density at radius 3 is 1.39 bits per heavy atom. The van der Waals surface area contributed by atoms with Crippen LogP contribution in [0, 0.1) is 6.92 Å². The third-order valence-electron chi connectivity index (χ3n) is 14.6. The molecular formula is C56H55N11O9. The highest BCUT2D eigenvalue weighted by Crippen LogP contribution is 2.40. The first-order valence-electron chi connectivity index (χ1n) is 25.7. The zero-order valence-electron chi connectivity index (χ0n) is 42.7. The third kappa shape index (κ3) is 8.79. The van der Waals surface area contributed by atoms with E-state index in [1.54, 1.807) is 0 Å². The van der Waals surface area contributed by atoms with Gasteiger partial charge in [0.15, 0.2) is 0 Å². The molecule has 0 spiro atoms. The molecule has 0 unspecified atom stereocenters. The summed E-state index contributed by atoms with van der Waals surface area (Å²) in [5, 5.41) is 2.53. The molecule has 20 heteroatoms. The van der Waals surface area contributed by atoms with E-state index in [0.29, 0.717) is 39.6 Å². The zero-order chi connectivity index (χ0) is 53.1. The molecule has 9 heterocycles. The van der Waals surface area contributed by atoms with Crippen molar-refractivity contribution < 1.29 is 27.6 Å². The summed E-state index contributed by atoms with van der Waals surface area (Å²) in [5.74, 6) is -1.01. The fourth-order valence-corrected chi connectivity index (χ4v) is 11.3. The molecule has 0 fully saturated rings. The Kier molecular flexibility index (Phi) is 13.0. The molecule has 13 rings (SSSR count). The van der Waals surface area contributed by atoms with Crippen molar-refractivity contribution in [2.24, 2.45) is 11.5 Å². The number of benzene rings is 1. The Balaban J connectivity index is 0.000000122. The fourth-order valence-electron chi connectivity index (χ4n) is 11.3. The van der Waals surface area contributed by atoms with Crippen LogP contribution >= 0.6 is 0 Å². The Labute approximate surface area is 432 Å². The first-order chi connectivity index (χ1) is 36.7. The highest BCUT2D eigenvalue weighted by atomic mass is 16.4. The molecule has 76 heavy (non-hydrogen) atoms. The molecule has 3 aliphatic carbocycles. The van der Waals surface area contributed by atoms with Gasteiger partial charge >= 0.3 is 0 Å². The van der Waals surface area contributed by atoms with Gasteiger partial charge in [0.2, 0.25) is 45.7 Å². The molecule has 0 aliphatic heterocycles. The largest absolute Gasteiger partial charge is 0.430 e. The molecule has 9 aromatic heterocycles. The second kappa shape index (κ2) is 19.9. The van der Waals surface area contributed by atoms with Crippen molar-refractivity contribution in [1.29, 1.82) is 0 Å². The van der Waals surface area contributed by atoms with Crippen LogP contribution in [-0.4, -0.2) is 61.2 Å². The summed E-state index contributed by atoms with van der Waals surface area (Å²) in [4.78, 5) is 98.8. The van der Waals surface area contributed by atoms with Crippen LogP contribution in [0.5, 0.6) is 0 Å². The van der Waals surface area contributed by atoms with Gasteiger partial charge in [-0.05, 0) is 130 Å². The molecule has 388 valence electrons. The number of ketones is 1. The number of carbonyl (C=O) groups excluding carboxylic acids is 3. The lowest BCUT2D eigenvalue weighted by Gasteiger charge is -2.21. The van der Waals surface area contributed by atoms with Gasteiger partial charge in [0, 0.05) is 11.3 Å². The van der Waals surface area contributed by atoms with Crippen LogP contribution in [0.25, 0.3) is 77.9 Å². The average molecular weight is 1030 g/mol. The maximum atomic E-state index is 12.8. The number of carbonyl (C=O) groups is 3. The van der Waals surface area contributed by atoms with Crippen LogP contribution in [0.15, 0.2) is 76.9 Å². The van der Waals surface area contributed by atoms with E-state index in [-0.39, 0.29) is 47.7 Å². The van der Waals surface area contributed by atoms with Crippen molar-refractivity contribution in [2.75, 3.05) is 0 Å². The Morgan fingerprint density at radius 2 is 0.934 bits per heavy atom. The SMILES string of the molecule is CC(=O)Cn1cnc2c(oc3nc(C(C)C)c4c(c32)CCCC4)c1=O.Cc1nc2oc3c(=O)n(CC(N)=O)cnc3c2c2c1CCCC2.NC(=O)Cn1cnc2c(oc3nc(-c4ccccc4)c4c(c32)CCCC4)c1=O. The van der Waals surface area contributed by atoms with Gasteiger partial charge in [0.25, 0.3) is 16.7 Å². The average Bonchev–Trinajstić information content (AvgIpc) is 4.12. The summed E-state index contributed by atoms with van der Waals surface area (Å²) in [6.45, 7) is 7.22. The van der Waals surface area contributed by atoms with Crippen LogP contribution in [0.4, 0.5) is 0 Å². The number of rotatable bonds is 8. The molecule has 10 aromatic rings. The van der Waals surface area contributed by atoms with E-state index in [1.807, 2.05) is 37.3 Å². The summed E-state index contributed by atoms with van der Waals surface area (Å²) < 4.78 is 21.0. The number of amides is 2. The van der Waals surface area contributed by atoms with Gasteiger partial charge in [-0.3, -0.25) is 42.5 Å². The number of aromatic nitrogens is 9. The monoisotopic (exact) mass is 1030 g/mol. The molecule has 0 bridgehead atoms. The number of hydrogen-bond acceptors (Lipinski definition) is 15. The predicted molar refractivity (Wildman–Crippen MR) is 284 cm³/mol. The van der Waals surface area contributed by atoms with Crippen molar-refractivity contribution in [3.05, 3.63) is 125 Å². The van der Waals surface area contributed by atoms with Crippen molar-refractivity contribution in [2.45, 2.75) is 130 Å². The molecule has 20 nitrogen and oxygen atoms in total. The minimum Gasteiger partial charge on any atom is -0.430 e. The molecule has 0 radical (unpaired) electrons. The fraction of sp³-hybridized carbons (Fsp3) is 0.357. The van der Waals surface area contributed by atoms with Crippen LogP contribution in [0.2, 0.25) is 0 Å². The maximum absolute atomic E-state index is 12.8. The van der Waals surface area contributed by atoms with Crippen molar-refractivity contribution in [1.82, 2.24) is 43.6 Å². The number of fused-ring (bicyclic) bond motifs is 15. The number of hydrogen-bond donors (Lipinski definition) is 2. The number of nitrogens with two attached hydrogens (primary N) is 2. The van der Waals surface area contributed by atoms with Gasteiger partial charge in [-0.1, -0.05) is 44.2 Å². The van der Waals surface area contributed by atoms with Crippen LogP contribution in [-0.2, 0) is 72.5 Å². The Bertz CT molecular complexity index is 4220. The van der Waals surface area contributed by atoms with E-state index in [4.69, 9.17) is 34.7 Å². The van der Waals surface area contributed by atoms with Crippen molar-refractivity contribution in [3.63, 3.8) is 0 Å². The van der Waals surface area contributed by atoms with Gasteiger partial charge in [-0.25, -0.2) is 29.9 Å². The van der Waals surface area contributed by atoms with E-state index in [2.05, 4.69) is 33.8 Å². The molecule has 1 aromatic carbocycles. The van der Waals surface area contributed by atoms with Gasteiger partial charge in [-0.2, -0.15) is 0 Å². The summed E-state index contributed by atoms with van der Waals surface area (Å²) in [7, 11) is 0. The molecule has 3 aliphatic rings. The quantitative estimate of drug-likeness (QED) is 0.156. The van der Waals surface area contributed by atoms with E-state index in [0.717, 1.165) is 131 Å². The van der Waals surface area contributed by atoms with Crippen LogP contribution < -0.4 is 28.1 Å². The predicted octanol–water partition coefficient (Wildman–Crippen LogP) is 6.91. The van der Waals surface area contributed by atoms with Gasteiger partial charge < -0.3 is 24.7 Å². The number of furan rings is 3. The zero-order valence-corrected chi connectivity index (χ0v) is 42.7. The van der Waals surface area contributed by atoms with Crippen molar-refractivity contribution in [3.8, 4) is 11.3 Å². The second-order valence-electron chi connectivity index (χ2n) is 20.2. The number of aryl methyl sites for hydroxylation is 4. The Hall–Kier alpha value is -8.68. The highest BCUT2D eigenvalue weighted by molar-refractivity contribution is 6.05. The molecule has 0 saturated carbocycles. The number of primary amides is 2. The van der Waals surface area contributed by atoms with E-state index >= 15 is 0 Å². The van der Waals surface area contributed by atoms with Gasteiger partial charge in [0.05, 0.1) is 53.1 Å². The molecular weight excluding hydrogens is 971 g/mol. The lowest BCUT2D eigenvalue weighted by atomic mass is 9.86.